The summed E-state index contributed by atoms with van der Waals surface area (Å²) in [6.45, 7) is 4.42. The van der Waals surface area contributed by atoms with Crippen LogP contribution in [0.3, 0.4) is 0 Å². The van der Waals surface area contributed by atoms with Crippen molar-refractivity contribution >= 4 is 0 Å². The van der Waals surface area contributed by atoms with E-state index in [9.17, 15) is 5.11 Å². The number of aliphatic hydroxyl groups excluding tert-OH is 1. The number of pyridine rings is 1. The van der Waals surface area contributed by atoms with Gasteiger partial charge in [0.25, 0.3) is 0 Å². The van der Waals surface area contributed by atoms with E-state index >= 15 is 0 Å². The van der Waals surface area contributed by atoms with E-state index in [0.29, 0.717) is 6.54 Å². The number of nitrogens with zero attached hydrogens (tertiary/aromatic N) is 4. The Morgan fingerprint density at radius 1 is 1.32 bits per heavy atom. The summed E-state index contributed by atoms with van der Waals surface area (Å²) in [6, 6.07) is 3.98. The van der Waals surface area contributed by atoms with E-state index in [4.69, 9.17) is 0 Å². The molecule has 102 valence electrons. The van der Waals surface area contributed by atoms with Gasteiger partial charge in [-0.15, -0.1) is 0 Å². The van der Waals surface area contributed by atoms with Crippen LogP contribution in [0.1, 0.15) is 16.8 Å². The molecule has 0 unspecified atom stereocenters. The van der Waals surface area contributed by atoms with Crippen LogP contribution in [0.5, 0.6) is 0 Å². The first-order valence-electron chi connectivity index (χ1n) is 6.40. The minimum atomic E-state index is 0.152. The van der Waals surface area contributed by atoms with Crippen molar-refractivity contribution in [1.82, 2.24) is 19.7 Å². The highest BCUT2D eigenvalue weighted by atomic mass is 16.3. The highest BCUT2D eigenvalue weighted by molar-refractivity contribution is 5.16. The lowest BCUT2D eigenvalue weighted by molar-refractivity contribution is 0.184. The molecule has 2 rings (SSSR count). The fourth-order valence-electron chi connectivity index (χ4n) is 2.05. The Bertz CT molecular complexity index is 509. The number of hydrogen-bond donors (Lipinski definition) is 1. The smallest absolute Gasteiger partial charge is 0.0558 e. The molecule has 0 aliphatic heterocycles. The second-order valence-electron chi connectivity index (χ2n) is 4.67. The molecular formula is C14H20N4O. The summed E-state index contributed by atoms with van der Waals surface area (Å²) in [5, 5.41) is 13.4. The quantitative estimate of drug-likeness (QED) is 0.845. The van der Waals surface area contributed by atoms with Gasteiger partial charge < -0.3 is 5.11 Å². The van der Waals surface area contributed by atoms with Gasteiger partial charge in [-0.3, -0.25) is 14.6 Å². The lowest BCUT2D eigenvalue weighted by Crippen LogP contribution is -2.26. The van der Waals surface area contributed by atoms with Crippen LogP contribution in [0.4, 0.5) is 0 Å². The number of hydrogen-bond acceptors (Lipinski definition) is 4. The number of aryl methyl sites for hydroxylation is 1. The topological polar surface area (TPSA) is 54.2 Å². The normalized spacial score (nSPS) is 11.2. The van der Waals surface area contributed by atoms with E-state index in [-0.39, 0.29) is 6.61 Å². The molecule has 5 nitrogen and oxygen atoms in total. The van der Waals surface area contributed by atoms with Gasteiger partial charge >= 0.3 is 0 Å². The third-order valence-electron chi connectivity index (χ3n) is 3.28. The summed E-state index contributed by atoms with van der Waals surface area (Å²) >= 11 is 0. The molecule has 0 saturated heterocycles. The number of aliphatic hydroxyl groups is 1. The zero-order chi connectivity index (χ0) is 13.7. The van der Waals surface area contributed by atoms with E-state index < -0.39 is 0 Å². The van der Waals surface area contributed by atoms with Crippen LogP contribution in [0.2, 0.25) is 0 Å². The van der Waals surface area contributed by atoms with Gasteiger partial charge in [-0.05, 0) is 18.6 Å². The summed E-state index contributed by atoms with van der Waals surface area (Å²) in [7, 11) is 1.94. The van der Waals surface area contributed by atoms with E-state index in [1.54, 1.807) is 6.20 Å². The Hall–Kier alpha value is -1.72. The first kappa shape index (κ1) is 13.7. The number of aromatic nitrogens is 3. The van der Waals surface area contributed by atoms with E-state index in [0.717, 1.165) is 24.3 Å². The molecule has 0 bridgehead atoms. The molecule has 0 saturated carbocycles. The molecule has 2 heterocycles. The van der Waals surface area contributed by atoms with Crippen LogP contribution in [0.25, 0.3) is 0 Å². The summed E-state index contributed by atoms with van der Waals surface area (Å²) in [6.07, 6.45) is 5.52. The summed E-state index contributed by atoms with van der Waals surface area (Å²) < 4.78 is 1.87. The predicted molar refractivity (Wildman–Crippen MR) is 73.4 cm³/mol. The highest BCUT2D eigenvalue weighted by Crippen LogP contribution is 2.12. The third-order valence-corrected chi connectivity index (χ3v) is 3.28. The molecule has 19 heavy (non-hydrogen) atoms. The first-order chi connectivity index (χ1) is 9.20. The van der Waals surface area contributed by atoms with Crippen molar-refractivity contribution in [2.24, 2.45) is 7.05 Å². The van der Waals surface area contributed by atoms with Crippen LogP contribution >= 0.6 is 0 Å². The fourth-order valence-corrected chi connectivity index (χ4v) is 2.05. The van der Waals surface area contributed by atoms with E-state index in [1.165, 1.54) is 5.56 Å². The SMILES string of the molecule is Cc1c(CN(CCO)Cc2cccnc2)cnn1C. The Morgan fingerprint density at radius 3 is 2.74 bits per heavy atom. The van der Waals surface area contributed by atoms with Gasteiger partial charge in [0.05, 0.1) is 12.8 Å². The second kappa shape index (κ2) is 6.45. The lowest BCUT2D eigenvalue weighted by Gasteiger charge is -2.21. The van der Waals surface area contributed by atoms with Gasteiger partial charge in [-0.2, -0.15) is 5.10 Å². The highest BCUT2D eigenvalue weighted by Gasteiger charge is 2.10. The molecule has 1 N–H and O–H groups in total. The second-order valence-corrected chi connectivity index (χ2v) is 4.67. The van der Waals surface area contributed by atoms with Gasteiger partial charge in [0, 0.05) is 50.3 Å². The Morgan fingerprint density at radius 2 is 2.16 bits per heavy atom. The van der Waals surface area contributed by atoms with Gasteiger partial charge in [-0.25, -0.2) is 0 Å². The molecule has 0 amide bonds. The molecule has 0 fully saturated rings. The van der Waals surface area contributed by atoms with Crippen LogP contribution < -0.4 is 0 Å². The predicted octanol–water partition coefficient (Wildman–Crippen LogP) is 1.12. The van der Waals surface area contributed by atoms with Gasteiger partial charge in [0.2, 0.25) is 0 Å². The van der Waals surface area contributed by atoms with Gasteiger partial charge in [-0.1, -0.05) is 6.07 Å². The Balaban J connectivity index is 2.06. The first-order valence-corrected chi connectivity index (χ1v) is 6.40. The van der Waals surface area contributed by atoms with Crippen LogP contribution in [-0.4, -0.2) is 37.9 Å². The molecule has 0 aliphatic carbocycles. The van der Waals surface area contributed by atoms with Crippen LogP contribution in [0.15, 0.2) is 30.7 Å². The van der Waals surface area contributed by atoms with Crippen molar-refractivity contribution < 1.29 is 5.11 Å². The maximum atomic E-state index is 9.19. The molecule has 2 aromatic heterocycles. The molecule has 5 heteroatoms. The molecule has 2 aromatic rings. The van der Waals surface area contributed by atoms with E-state index in [2.05, 4.69) is 21.9 Å². The molecule has 0 aliphatic rings. The van der Waals surface area contributed by atoms with Crippen molar-refractivity contribution in [3.8, 4) is 0 Å². The fraction of sp³-hybridized carbons (Fsp3) is 0.429. The van der Waals surface area contributed by atoms with Crippen LogP contribution in [0, 0.1) is 6.92 Å². The average molecular weight is 260 g/mol. The zero-order valence-corrected chi connectivity index (χ0v) is 11.5. The zero-order valence-electron chi connectivity index (χ0n) is 11.5. The van der Waals surface area contributed by atoms with Gasteiger partial charge in [0.1, 0.15) is 0 Å². The molecule has 0 spiro atoms. The maximum Gasteiger partial charge on any atom is 0.0558 e. The van der Waals surface area contributed by atoms with Gasteiger partial charge in [0.15, 0.2) is 0 Å². The average Bonchev–Trinajstić information content (AvgIpc) is 2.72. The van der Waals surface area contributed by atoms with E-state index in [1.807, 2.05) is 36.3 Å². The van der Waals surface area contributed by atoms with Crippen molar-refractivity contribution in [3.05, 3.63) is 47.5 Å². The Labute approximate surface area is 113 Å². The van der Waals surface area contributed by atoms with Crippen LogP contribution in [-0.2, 0) is 20.1 Å². The Kier molecular flexibility index (Phi) is 4.65. The standard InChI is InChI=1S/C14H20N4O/c1-12-14(9-16-17(12)2)11-18(6-7-19)10-13-4-3-5-15-8-13/h3-5,8-9,19H,6-7,10-11H2,1-2H3. The van der Waals surface area contributed by atoms with Crippen molar-refractivity contribution in [3.63, 3.8) is 0 Å². The third kappa shape index (κ3) is 3.62. The molecule has 0 radical (unpaired) electrons. The molecule has 0 aromatic carbocycles. The minimum absolute atomic E-state index is 0.152. The lowest BCUT2D eigenvalue weighted by atomic mass is 10.2. The summed E-state index contributed by atoms with van der Waals surface area (Å²) in [5.74, 6) is 0. The summed E-state index contributed by atoms with van der Waals surface area (Å²) in [5.41, 5.74) is 3.51. The molecule has 0 atom stereocenters. The molecular weight excluding hydrogens is 240 g/mol. The summed E-state index contributed by atoms with van der Waals surface area (Å²) in [4.78, 5) is 6.32. The van der Waals surface area contributed by atoms with Crippen molar-refractivity contribution in [2.45, 2.75) is 20.0 Å². The number of rotatable bonds is 6. The monoisotopic (exact) mass is 260 g/mol. The van der Waals surface area contributed by atoms with Crippen molar-refractivity contribution in [2.75, 3.05) is 13.2 Å². The van der Waals surface area contributed by atoms with Crippen molar-refractivity contribution in [1.29, 1.82) is 0 Å². The maximum absolute atomic E-state index is 9.19. The minimum Gasteiger partial charge on any atom is -0.395 e. The largest absolute Gasteiger partial charge is 0.395 e.